The summed E-state index contributed by atoms with van der Waals surface area (Å²) in [6.45, 7) is 0. The third-order valence-electron chi connectivity index (χ3n) is 4.16. The Morgan fingerprint density at radius 3 is 2.63 bits per heavy atom. The van der Waals surface area contributed by atoms with Crippen LogP contribution < -0.4 is 5.32 Å². The molecule has 27 heavy (non-hydrogen) atoms. The van der Waals surface area contributed by atoms with Gasteiger partial charge in [-0.3, -0.25) is 4.79 Å². The van der Waals surface area contributed by atoms with Crippen LogP contribution in [0.4, 0.5) is 10.1 Å². The minimum absolute atomic E-state index is 0.178. The first-order chi connectivity index (χ1) is 13.1. The number of carbonyl (C=O) groups is 1. The lowest BCUT2D eigenvalue weighted by Crippen LogP contribution is -2.10. The molecule has 0 aliphatic carbocycles. The van der Waals surface area contributed by atoms with Gasteiger partial charge in [0.15, 0.2) is 5.76 Å². The average Bonchev–Trinajstić information content (AvgIpc) is 3.32. The molecule has 0 unspecified atom stereocenters. The minimum Gasteiger partial charge on any atom is -0.451 e. The van der Waals surface area contributed by atoms with Gasteiger partial charge >= 0.3 is 0 Å². The lowest BCUT2D eigenvalue weighted by Gasteiger charge is -2.06. The number of imidazole rings is 1. The standard InChI is InChI=1S/C21H16FN3O2/c1-25-12-11-23-20(25)15-3-2-4-17(13-15)24-21(26)19-10-9-18(27-19)14-5-7-16(22)8-6-14/h2-13H,1H3,(H,24,26). The zero-order valence-corrected chi connectivity index (χ0v) is 14.5. The Kier molecular flexibility index (Phi) is 4.30. The molecule has 2 aromatic carbocycles. The summed E-state index contributed by atoms with van der Waals surface area (Å²) < 4.78 is 20.6. The van der Waals surface area contributed by atoms with E-state index in [1.54, 1.807) is 36.5 Å². The molecule has 4 aromatic rings. The van der Waals surface area contributed by atoms with E-state index in [-0.39, 0.29) is 17.5 Å². The summed E-state index contributed by atoms with van der Waals surface area (Å²) in [7, 11) is 1.91. The highest BCUT2D eigenvalue weighted by atomic mass is 19.1. The number of benzene rings is 2. The highest BCUT2D eigenvalue weighted by Gasteiger charge is 2.13. The number of anilines is 1. The molecule has 1 amide bonds. The summed E-state index contributed by atoms with van der Waals surface area (Å²) in [5.74, 6) is 0.803. The second kappa shape index (κ2) is 6.92. The largest absolute Gasteiger partial charge is 0.451 e. The van der Waals surface area contributed by atoms with Gasteiger partial charge < -0.3 is 14.3 Å². The summed E-state index contributed by atoms with van der Waals surface area (Å²) in [5, 5.41) is 2.82. The molecule has 0 aliphatic heterocycles. The van der Waals surface area contributed by atoms with Crippen molar-refractivity contribution in [3.05, 3.63) is 84.6 Å². The molecule has 0 fully saturated rings. The lowest BCUT2D eigenvalue weighted by atomic mass is 10.2. The van der Waals surface area contributed by atoms with Gasteiger partial charge in [0.05, 0.1) is 0 Å². The predicted molar refractivity (Wildman–Crippen MR) is 101 cm³/mol. The van der Waals surface area contributed by atoms with E-state index in [1.165, 1.54) is 12.1 Å². The molecule has 2 heterocycles. The number of carbonyl (C=O) groups excluding carboxylic acids is 1. The van der Waals surface area contributed by atoms with Crippen LogP contribution in [0.3, 0.4) is 0 Å². The van der Waals surface area contributed by atoms with Gasteiger partial charge in [-0.1, -0.05) is 12.1 Å². The molecule has 0 radical (unpaired) electrons. The Hall–Kier alpha value is -3.67. The van der Waals surface area contributed by atoms with Gasteiger partial charge in [0.1, 0.15) is 17.4 Å². The fourth-order valence-electron chi connectivity index (χ4n) is 2.80. The Bertz CT molecular complexity index is 1100. The maximum absolute atomic E-state index is 13.0. The first kappa shape index (κ1) is 16.8. The lowest BCUT2D eigenvalue weighted by molar-refractivity contribution is 0.0997. The van der Waals surface area contributed by atoms with E-state index in [1.807, 2.05) is 36.0 Å². The van der Waals surface area contributed by atoms with Crippen molar-refractivity contribution in [2.24, 2.45) is 7.05 Å². The van der Waals surface area contributed by atoms with Gasteiger partial charge in [-0.2, -0.15) is 0 Å². The highest BCUT2D eigenvalue weighted by Crippen LogP contribution is 2.24. The monoisotopic (exact) mass is 361 g/mol. The Balaban J connectivity index is 1.53. The van der Waals surface area contributed by atoms with Crippen LogP contribution in [-0.2, 0) is 7.05 Å². The van der Waals surface area contributed by atoms with Crippen molar-refractivity contribution in [1.29, 1.82) is 0 Å². The summed E-state index contributed by atoms with van der Waals surface area (Å²) in [5.41, 5.74) is 2.24. The molecular weight excluding hydrogens is 345 g/mol. The highest BCUT2D eigenvalue weighted by molar-refractivity contribution is 6.02. The molecule has 0 atom stereocenters. The number of furan rings is 1. The number of aromatic nitrogens is 2. The van der Waals surface area contributed by atoms with E-state index in [0.717, 1.165) is 11.4 Å². The van der Waals surface area contributed by atoms with Crippen LogP contribution in [0, 0.1) is 5.82 Å². The van der Waals surface area contributed by atoms with Gasteiger partial charge in [0.2, 0.25) is 0 Å². The van der Waals surface area contributed by atoms with Crippen molar-refractivity contribution < 1.29 is 13.6 Å². The molecule has 6 heteroatoms. The van der Waals surface area contributed by atoms with Crippen LogP contribution in [0.15, 0.2) is 77.5 Å². The zero-order chi connectivity index (χ0) is 18.8. The Labute approximate surface area is 155 Å². The quantitative estimate of drug-likeness (QED) is 0.571. The van der Waals surface area contributed by atoms with Crippen LogP contribution in [0.1, 0.15) is 10.6 Å². The minimum atomic E-state index is -0.361. The number of nitrogens with zero attached hydrogens (tertiary/aromatic N) is 2. The van der Waals surface area contributed by atoms with Crippen LogP contribution in [0.5, 0.6) is 0 Å². The van der Waals surface area contributed by atoms with Crippen molar-refractivity contribution in [3.63, 3.8) is 0 Å². The fraction of sp³-hybridized carbons (Fsp3) is 0.0476. The second-order valence-corrected chi connectivity index (χ2v) is 6.07. The zero-order valence-electron chi connectivity index (χ0n) is 14.5. The van der Waals surface area contributed by atoms with Crippen molar-refractivity contribution in [1.82, 2.24) is 9.55 Å². The Morgan fingerprint density at radius 2 is 1.89 bits per heavy atom. The number of nitrogens with one attached hydrogen (secondary N) is 1. The van der Waals surface area contributed by atoms with E-state index < -0.39 is 0 Å². The molecule has 0 aliphatic rings. The van der Waals surface area contributed by atoms with E-state index >= 15 is 0 Å². The van der Waals surface area contributed by atoms with Crippen molar-refractivity contribution in [3.8, 4) is 22.7 Å². The third kappa shape index (κ3) is 3.50. The van der Waals surface area contributed by atoms with Crippen molar-refractivity contribution in [2.75, 3.05) is 5.32 Å². The summed E-state index contributed by atoms with van der Waals surface area (Å²) in [6, 6.07) is 16.6. The topological polar surface area (TPSA) is 60.1 Å². The number of halogens is 1. The van der Waals surface area contributed by atoms with Crippen LogP contribution in [0.25, 0.3) is 22.7 Å². The van der Waals surface area contributed by atoms with Crippen molar-refractivity contribution >= 4 is 11.6 Å². The smallest absolute Gasteiger partial charge is 0.291 e. The molecule has 5 nitrogen and oxygen atoms in total. The molecule has 0 saturated carbocycles. The first-order valence-electron chi connectivity index (χ1n) is 8.35. The van der Waals surface area contributed by atoms with Crippen molar-refractivity contribution in [2.45, 2.75) is 0 Å². The fourth-order valence-corrected chi connectivity index (χ4v) is 2.80. The second-order valence-electron chi connectivity index (χ2n) is 6.07. The van der Waals surface area contributed by atoms with Crippen LogP contribution in [-0.4, -0.2) is 15.5 Å². The molecule has 0 saturated heterocycles. The number of rotatable bonds is 4. The molecule has 134 valence electrons. The van der Waals surface area contributed by atoms with Gasteiger partial charge in [-0.15, -0.1) is 0 Å². The number of amides is 1. The molecule has 0 bridgehead atoms. The Morgan fingerprint density at radius 1 is 1.07 bits per heavy atom. The van der Waals surface area contributed by atoms with E-state index in [9.17, 15) is 9.18 Å². The predicted octanol–water partition coefficient (Wildman–Crippen LogP) is 4.74. The van der Waals surface area contributed by atoms with E-state index in [4.69, 9.17) is 4.42 Å². The normalized spacial score (nSPS) is 10.7. The summed E-state index contributed by atoms with van der Waals surface area (Å²) >= 11 is 0. The van der Waals surface area contributed by atoms with Crippen LogP contribution >= 0.6 is 0 Å². The van der Waals surface area contributed by atoms with Gasteiger partial charge in [0, 0.05) is 36.3 Å². The maximum Gasteiger partial charge on any atom is 0.291 e. The number of aryl methyl sites for hydroxylation is 1. The van der Waals surface area contributed by atoms with E-state index in [0.29, 0.717) is 17.0 Å². The third-order valence-corrected chi connectivity index (χ3v) is 4.16. The summed E-state index contributed by atoms with van der Waals surface area (Å²) in [4.78, 5) is 16.8. The van der Waals surface area contributed by atoms with Gasteiger partial charge in [-0.05, 0) is 48.5 Å². The summed E-state index contributed by atoms with van der Waals surface area (Å²) in [6.07, 6.45) is 3.58. The van der Waals surface area contributed by atoms with E-state index in [2.05, 4.69) is 10.3 Å². The SMILES string of the molecule is Cn1ccnc1-c1cccc(NC(=O)c2ccc(-c3ccc(F)cc3)o2)c1. The van der Waals surface area contributed by atoms with Crippen LogP contribution in [0.2, 0.25) is 0 Å². The number of hydrogen-bond acceptors (Lipinski definition) is 3. The molecule has 2 aromatic heterocycles. The maximum atomic E-state index is 13.0. The average molecular weight is 361 g/mol. The molecule has 4 rings (SSSR count). The number of hydrogen-bond donors (Lipinski definition) is 1. The van der Waals surface area contributed by atoms with Gasteiger partial charge in [-0.25, -0.2) is 9.37 Å². The molecule has 0 spiro atoms. The molecule has 1 N–H and O–H groups in total. The van der Waals surface area contributed by atoms with Gasteiger partial charge in [0.25, 0.3) is 5.91 Å². The first-order valence-corrected chi connectivity index (χ1v) is 8.35. The molecular formula is C21H16FN3O2.